The fourth-order valence-corrected chi connectivity index (χ4v) is 3.14. The number of esters is 1. The topological polar surface area (TPSA) is 76.7 Å². The first-order valence-electron chi connectivity index (χ1n) is 11.2. The number of rotatable bonds is 12. The average Bonchev–Trinajstić information content (AvgIpc) is 2.85. The molecule has 0 bridgehead atoms. The van der Waals surface area contributed by atoms with Gasteiger partial charge in [-0.25, -0.2) is 4.79 Å². The summed E-state index contributed by atoms with van der Waals surface area (Å²) >= 11 is 0. The van der Waals surface area contributed by atoms with Crippen LogP contribution in [0.5, 0.6) is 5.75 Å². The Labute approximate surface area is 194 Å². The highest BCUT2D eigenvalue weighted by Gasteiger charge is 2.08. The summed E-state index contributed by atoms with van der Waals surface area (Å²) in [6.07, 6.45) is 2.71. The first kappa shape index (κ1) is 23.9. The molecule has 0 atom stereocenters. The molecule has 3 aromatic carbocycles. The number of amides is 1. The summed E-state index contributed by atoms with van der Waals surface area (Å²) in [6, 6.07) is 24.5. The lowest BCUT2D eigenvalue weighted by Gasteiger charge is -2.10. The Bertz CT molecular complexity index is 1000. The zero-order valence-corrected chi connectivity index (χ0v) is 18.9. The van der Waals surface area contributed by atoms with Crippen molar-refractivity contribution in [3.8, 4) is 5.75 Å². The van der Waals surface area contributed by atoms with Gasteiger partial charge in [-0.1, -0.05) is 37.3 Å². The molecule has 0 unspecified atom stereocenters. The van der Waals surface area contributed by atoms with Gasteiger partial charge in [0.15, 0.2) is 0 Å². The molecule has 0 aliphatic rings. The van der Waals surface area contributed by atoms with E-state index in [1.165, 1.54) is 5.56 Å². The number of nitrogens with one attached hydrogen (secondary N) is 2. The number of anilines is 2. The van der Waals surface area contributed by atoms with Crippen molar-refractivity contribution >= 4 is 23.3 Å². The molecular formula is C27H30N2O4. The fraction of sp³-hybridized carbons (Fsp3) is 0.259. The van der Waals surface area contributed by atoms with E-state index in [0.29, 0.717) is 24.5 Å². The Morgan fingerprint density at radius 3 is 2.21 bits per heavy atom. The number of ether oxygens (including phenoxy) is 2. The summed E-state index contributed by atoms with van der Waals surface area (Å²) in [6.45, 7) is 3.11. The Kier molecular flexibility index (Phi) is 9.33. The maximum Gasteiger partial charge on any atom is 0.338 e. The van der Waals surface area contributed by atoms with Crippen molar-refractivity contribution in [1.29, 1.82) is 0 Å². The molecule has 0 aliphatic carbocycles. The van der Waals surface area contributed by atoms with Crippen molar-refractivity contribution in [3.05, 3.63) is 90.0 Å². The van der Waals surface area contributed by atoms with E-state index >= 15 is 0 Å². The largest absolute Gasteiger partial charge is 0.494 e. The average molecular weight is 447 g/mol. The third-order valence-electron chi connectivity index (χ3n) is 4.87. The summed E-state index contributed by atoms with van der Waals surface area (Å²) < 4.78 is 10.9. The SMILES string of the molecule is CCCOC(=O)c1ccc(NC(=O)CNc2ccc(OCCCc3ccccc3)cc2)cc1. The van der Waals surface area contributed by atoms with E-state index < -0.39 is 0 Å². The van der Waals surface area contributed by atoms with Crippen LogP contribution in [0, 0.1) is 0 Å². The molecular weight excluding hydrogens is 416 g/mol. The number of hydrogen-bond acceptors (Lipinski definition) is 5. The molecule has 0 fully saturated rings. The lowest BCUT2D eigenvalue weighted by Crippen LogP contribution is -2.21. The maximum atomic E-state index is 12.2. The van der Waals surface area contributed by atoms with Gasteiger partial charge in [0.25, 0.3) is 0 Å². The second-order valence-corrected chi connectivity index (χ2v) is 7.58. The van der Waals surface area contributed by atoms with Crippen LogP contribution < -0.4 is 15.4 Å². The molecule has 6 heteroatoms. The number of carbonyl (C=O) groups excluding carboxylic acids is 2. The van der Waals surface area contributed by atoms with Crippen LogP contribution in [0.25, 0.3) is 0 Å². The first-order valence-corrected chi connectivity index (χ1v) is 11.2. The van der Waals surface area contributed by atoms with Crippen LogP contribution in [-0.4, -0.2) is 31.6 Å². The molecule has 33 heavy (non-hydrogen) atoms. The molecule has 3 aromatic rings. The van der Waals surface area contributed by atoms with Crippen molar-refractivity contribution in [3.63, 3.8) is 0 Å². The van der Waals surface area contributed by atoms with Crippen LogP contribution in [0.3, 0.4) is 0 Å². The Morgan fingerprint density at radius 2 is 1.52 bits per heavy atom. The van der Waals surface area contributed by atoms with Gasteiger partial charge in [-0.15, -0.1) is 0 Å². The molecule has 0 saturated heterocycles. The lowest BCUT2D eigenvalue weighted by atomic mass is 10.1. The first-order chi connectivity index (χ1) is 16.1. The molecule has 0 aromatic heterocycles. The van der Waals surface area contributed by atoms with Crippen LogP contribution in [0.15, 0.2) is 78.9 Å². The molecule has 0 radical (unpaired) electrons. The van der Waals surface area contributed by atoms with Gasteiger partial charge in [0.2, 0.25) is 5.91 Å². The third-order valence-corrected chi connectivity index (χ3v) is 4.87. The monoisotopic (exact) mass is 446 g/mol. The van der Waals surface area contributed by atoms with Crippen molar-refractivity contribution in [2.75, 3.05) is 30.4 Å². The predicted molar refractivity (Wildman–Crippen MR) is 131 cm³/mol. The number of carbonyl (C=O) groups is 2. The molecule has 1 amide bonds. The molecule has 0 heterocycles. The van der Waals surface area contributed by atoms with Gasteiger partial charge in [-0.3, -0.25) is 4.79 Å². The van der Waals surface area contributed by atoms with E-state index in [1.807, 2.05) is 49.4 Å². The minimum absolute atomic E-state index is 0.123. The molecule has 172 valence electrons. The van der Waals surface area contributed by atoms with Gasteiger partial charge in [-0.2, -0.15) is 0 Å². The van der Waals surface area contributed by atoms with E-state index in [4.69, 9.17) is 9.47 Å². The standard InChI is InChI=1S/C27H30N2O4/c1-2-18-33-27(31)22-10-12-24(13-11-22)29-26(30)20-28-23-14-16-25(17-15-23)32-19-6-9-21-7-4-3-5-8-21/h3-5,7-8,10-17,28H,2,6,9,18-20H2,1H3,(H,29,30). The highest BCUT2D eigenvalue weighted by atomic mass is 16.5. The van der Waals surface area contributed by atoms with Gasteiger partial charge in [0.05, 0.1) is 25.3 Å². The summed E-state index contributed by atoms with van der Waals surface area (Å²) in [4.78, 5) is 24.0. The van der Waals surface area contributed by atoms with E-state index in [2.05, 4.69) is 22.8 Å². The minimum Gasteiger partial charge on any atom is -0.494 e. The maximum absolute atomic E-state index is 12.2. The van der Waals surface area contributed by atoms with Crippen LogP contribution in [-0.2, 0) is 16.0 Å². The van der Waals surface area contributed by atoms with Gasteiger partial charge < -0.3 is 20.1 Å². The van der Waals surface area contributed by atoms with E-state index in [-0.39, 0.29) is 18.4 Å². The fourth-order valence-electron chi connectivity index (χ4n) is 3.14. The second-order valence-electron chi connectivity index (χ2n) is 7.58. The van der Waals surface area contributed by atoms with Crippen LogP contribution in [0.4, 0.5) is 11.4 Å². The highest BCUT2D eigenvalue weighted by Crippen LogP contribution is 2.16. The van der Waals surface area contributed by atoms with Gasteiger partial charge in [-0.05, 0) is 73.4 Å². The van der Waals surface area contributed by atoms with Gasteiger partial charge in [0, 0.05) is 11.4 Å². The molecule has 6 nitrogen and oxygen atoms in total. The van der Waals surface area contributed by atoms with Crippen LogP contribution in [0.2, 0.25) is 0 Å². The molecule has 0 aliphatic heterocycles. The number of aryl methyl sites for hydroxylation is 1. The Morgan fingerprint density at radius 1 is 0.818 bits per heavy atom. The molecule has 0 spiro atoms. The highest BCUT2D eigenvalue weighted by molar-refractivity contribution is 5.95. The van der Waals surface area contributed by atoms with Crippen molar-refractivity contribution in [2.24, 2.45) is 0 Å². The van der Waals surface area contributed by atoms with E-state index in [1.54, 1.807) is 24.3 Å². The van der Waals surface area contributed by atoms with Crippen molar-refractivity contribution in [2.45, 2.75) is 26.2 Å². The summed E-state index contributed by atoms with van der Waals surface area (Å²) in [5, 5.41) is 5.89. The predicted octanol–water partition coefficient (Wildman–Crippen LogP) is 5.32. The number of benzene rings is 3. The second kappa shape index (κ2) is 12.9. The normalized spacial score (nSPS) is 10.3. The smallest absolute Gasteiger partial charge is 0.338 e. The third kappa shape index (κ3) is 8.33. The van der Waals surface area contributed by atoms with Crippen LogP contribution >= 0.6 is 0 Å². The quantitative estimate of drug-likeness (QED) is 0.291. The van der Waals surface area contributed by atoms with Crippen LogP contribution in [0.1, 0.15) is 35.7 Å². The summed E-state index contributed by atoms with van der Waals surface area (Å²) in [5.41, 5.74) is 3.22. The minimum atomic E-state index is -0.361. The Hall–Kier alpha value is -3.80. The van der Waals surface area contributed by atoms with Crippen molar-refractivity contribution < 1.29 is 19.1 Å². The zero-order valence-electron chi connectivity index (χ0n) is 18.9. The molecule has 0 saturated carbocycles. The zero-order chi connectivity index (χ0) is 23.3. The summed E-state index contributed by atoms with van der Waals surface area (Å²) in [5.74, 6) is 0.258. The lowest BCUT2D eigenvalue weighted by molar-refractivity contribution is -0.114. The summed E-state index contributed by atoms with van der Waals surface area (Å²) in [7, 11) is 0. The number of hydrogen-bond donors (Lipinski definition) is 2. The van der Waals surface area contributed by atoms with Gasteiger partial charge >= 0.3 is 5.97 Å². The van der Waals surface area contributed by atoms with Gasteiger partial charge in [0.1, 0.15) is 5.75 Å². The molecule has 3 rings (SSSR count). The molecule has 2 N–H and O–H groups in total. The Balaban J connectivity index is 1.36. The van der Waals surface area contributed by atoms with E-state index in [9.17, 15) is 9.59 Å². The van der Waals surface area contributed by atoms with Crippen molar-refractivity contribution in [1.82, 2.24) is 0 Å². The van der Waals surface area contributed by atoms with E-state index in [0.717, 1.165) is 30.7 Å².